The molecule has 134 valence electrons. The van der Waals surface area contributed by atoms with Crippen LogP contribution in [-0.4, -0.2) is 0 Å². The van der Waals surface area contributed by atoms with E-state index < -0.39 is 0 Å². The van der Waals surface area contributed by atoms with Gasteiger partial charge in [-0.3, -0.25) is 0 Å². The number of halogens is 1. The van der Waals surface area contributed by atoms with Crippen molar-refractivity contribution >= 4 is 34.4 Å². The largest absolute Gasteiger partial charge is 0.617 e. The molecule has 0 saturated heterocycles. The fraction of sp³-hybridized carbons (Fsp3) is 0.0476. The first kappa shape index (κ1) is 17.6. The van der Waals surface area contributed by atoms with E-state index in [9.17, 15) is 10.4 Å². The van der Waals surface area contributed by atoms with Crippen LogP contribution in [0.15, 0.2) is 82.7 Å². The molecule has 3 aromatic carbocycles. The van der Waals surface area contributed by atoms with E-state index in [0.717, 1.165) is 19.9 Å². The molecule has 1 aromatic heterocycles. The normalized spacial score (nSPS) is 11.0. The van der Waals surface area contributed by atoms with Crippen molar-refractivity contribution in [3.05, 3.63) is 93.8 Å². The van der Waals surface area contributed by atoms with Crippen LogP contribution in [0.2, 0.25) is 5.02 Å². The van der Waals surface area contributed by atoms with E-state index in [1.165, 1.54) is 11.8 Å². The lowest BCUT2D eigenvalue weighted by molar-refractivity contribution is -0.653. The minimum atomic E-state index is 0.314. The summed E-state index contributed by atoms with van der Waals surface area (Å²) in [6.07, 6.45) is 0. The molecule has 0 fully saturated rings. The number of aromatic nitrogens is 2. The van der Waals surface area contributed by atoms with Crippen molar-refractivity contribution in [3.63, 3.8) is 0 Å². The first-order chi connectivity index (χ1) is 13.0. The molecular weight excluding hydrogens is 380 g/mol. The van der Waals surface area contributed by atoms with Crippen LogP contribution in [0.3, 0.4) is 0 Å². The number of aryl methyl sites for hydroxylation is 1. The molecule has 27 heavy (non-hydrogen) atoms. The highest BCUT2D eigenvalue weighted by Gasteiger charge is 2.30. The van der Waals surface area contributed by atoms with Gasteiger partial charge in [0.2, 0.25) is 0 Å². The van der Waals surface area contributed by atoms with Gasteiger partial charge in [0.05, 0.1) is 5.56 Å². The Balaban J connectivity index is 2.03. The summed E-state index contributed by atoms with van der Waals surface area (Å²) in [5.41, 5.74) is 2.55. The monoisotopic (exact) mass is 394 g/mol. The molecule has 0 spiro atoms. The highest BCUT2D eigenvalue weighted by atomic mass is 35.5. The summed E-state index contributed by atoms with van der Waals surface area (Å²) in [4.78, 5) is 0.878. The molecule has 0 aliphatic carbocycles. The van der Waals surface area contributed by atoms with Crippen LogP contribution in [0.4, 0.5) is 0 Å². The van der Waals surface area contributed by atoms with E-state index in [4.69, 9.17) is 11.6 Å². The zero-order valence-electron chi connectivity index (χ0n) is 14.4. The molecule has 6 heteroatoms. The van der Waals surface area contributed by atoms with Crippen LogP contribution in [0.25, 0.3) is 22.3 Å². The van der Waals surface area contributed by atoms with E-state index in [1.807, 2.05) is 43.3 Å². The SMILES string of the molecule is Cc1ccc2c(c1)[n+]([O-])c(-c1ccc(Cl)cc1)c(Sc1ccccc1)[n+]2[O-]. The number of rotatable bonds is 3. The quantitative estimate of drug-likeness (QED) is 0.367. The number of hydrogen-bond donors (Lipinski definition) is 0. The van der Waals surface area contributed by atoms with Gasteiger partial charge in [0.25, 0.3) is 11.0 Å². The maximum atomic E-state index is 13.2. The van der Waals surface area contributed by atoms with Crippen LogP contribution < -0.4 is 9.46 Å². The second-order valence-corrected chi connectivity index (χ2v) is 7.66. The fourth-order valence-corrected chi connectivity index (χ4v) is 4.04. The zero-order chi connectivity index (χ0) is 19.0. The second kappa shape index (κ2) is 7.10. The van der Waals surface area contributed by atoms with E-state index >= 15 is 0 Å². The van der Waals surface area contributed by atoms with E-state index in [0.29, 0.717) is 32.3 Å². The molecule has 0 atom stereocenters. The Morgan fingerprint density at radius 2 is 1.52 bits per heavy atom. The molecule has 0 unspecified atom stereocenters. The third-order valence-corrected chi connectivity index (χ3v) is 5.55. The summed E-state index contributed by atoms with van der Waals surface area (Å²) in [6, 6.07) is 21.7. The Morgan fingerprint density at radius 3 is 2.22 bits per heavy atom. The van der Waals surface area contributed by atoms with Gasteiger partial charge >= 0.3 is 10.7 Å². The van der Waals surface area contributed by atoms with Gasteiger partial charge < -0.3 is 10.4 Å². The van der Waals surface area contributed by atoms with Crippen LogP contribution in [0.5, 0.6) is 0 Å². The van der Waals surface area contributed by atoms with Crippen molar-refractivity contribution in [1.29, 1.82) is 0 Å². The molecule has 0 aliphatic rings. The van der Waals surface area contributed by atoms with Gasteiger partial charge in [-0.25, -0.2) is 0 Å². The lowest BCUT2D eigenvalue weighted by atomic mass is 10.1. The Bertz CT molecular complexity index is 1130. The second-order valence-electron chi connectivity index (χ2n) is 6.16. The highest BCUT2D eigenvalue weighted by Crippen LogP contribution is 2.33. The summed E-state index contributed by atoms with van der Waals surface area (Å²) in [6.45, 7) is 1.89. The summed E-state index contributed by atoms with van der Waals surface area (Å²) in [5, 5.41) is 27.3. The van der Waals surface area contributed by atoms with Crippen molar-refractivity contribution < 1.29 is 9.46 Å². The summed E-state index contributed by atoms with van der Waals surface area (Å²) >= 11 is 7.27. The zero-order valence-corrected chi connectivity index (χ0v) is 16.0. The van der Waals surface area contributed by atoms with E-state index in [-0.39, 0.29) is 0 Å². The van der Waals surface area contributed by atoms with Crippen LogP contribution in [-0.2, 0) is 0 Å². The molecular formula is C21H15ClN2O2S. The van der Waals surface area contributed by atoms with Gasteiger partial charge in [-0.1, -0.05) is 35.9 Å². The van der Waals surface area contributed by atoms with Crippen molar-refractivity contribution in [3.8, 4) is 11.3 Å². The molecule has 0 aliphatic heterocycles. The predicted molar refractivity (Wildman–Crippen MR) is 108 cm³/mol. The van der Waals surface area contributed by atoms with Crippen LogP contribution in [0, 0.1) is 17.3 Å². The number of benzene rings is 3. The minimum Gasteiger partial charge on any atom is -0.617 e. The lowest BCUT2D eigenvalue weighted by Crippen LogP contribution is -2.42. The average molecular weight is 395 g/mol. The van der Waals surface area contributed by atoms with Gasteiger partial charge in [-0.15, -0.1) is 4.73 Å². The summed E-state index contributed by atoms with van der Waals surface area (Å²) < 4.78 is 1.68. The van der Waals surface area contributed by atoms with Gasteiger partial charge in [-0.2, -0.15) is 4.73 Å². The Labute approximate surface area is 165 Å². The van der Waals surface area contributed by atoms with Crippen molar-refractivity contribution in [1.82, 2.24) is 0 Å². The molecule has 4 nitrogen and oxygen atoms in total. The maximum Gasteiger partial charge on any atom is 0.331 e. The molecule has 4 aromatic rings. The maximum absolute atomic E-state index is 13.2. The average Bonchev–Trinajstić information content (AvgIpc) is 2.68. The topological polar surface area (TPSA) is 53.9 Å². The van der Waals surface area contributed by atoms with Crippen molar-refractivity contribution in [2.75, 3.05) is 0 Å². The summed E-state index contributed by atoms with van der Waals surface area (Å²) in [7, 11) is 0. The van der Waals surface area contributed by atoms with E-state index in [1.54, 1.807) is 36.4 Å². The Hall–Kier alpha value is -2.76. The Kier molecular flexibility index (Phi) is 4.64. The number of fused-ring (bicyclic) bond motifs is 1. The number of hydrogen-bond acceptors (Lipinski definition) is 3. The smallest absolute Gasteiger partial charge is 0.331 e. The number of nitrogens with zero attached hydrogens (tertiary/aromatic N) is 2. The van der Waals surface area contributed by atoms with Gasteiger partial charge in [-0.05, 0) is 60.6 Å². The Morgan fingerprint density at radius 1 is 0.815 bits per heavy atom. The molecule has 0 bridgehead atoms. The molecule has 4 rings (SSSR count). The van der Waals surface area contributed by atoms with Gasteiger partial charge in [0.15, 0.2) is 0 Å². The van der Waals surface area contributed by atoms with Crippen molar-refractivity contribution in [2.24, 2.45) is 0 Å². The first-order valence-electron chi connectivity index (χ1n) is 8.33. The van der Waals surface area contributed by atoms with Crippen LogP contribution >= 0.6 is 23.4 Å². The fourth-order valence-electron chi connectivity index (χ4n) is 2.92. The third-order valence-electron chi connectivity index (χ3n) is 4.23. The van der Waals surface area contributed by atoms with Crippen molar-refractivity contribution in [2.45, 2.75) is 16.8 Å². The predicted octanol–water partition coefficient (Wildman–Crippen LogP) is 4.89. The third kappa shape index (κ3) is 3.31. The molecule has 1 heterocycles. The van der Waals surface area contributed by atoms with Gasteiger partial charge in [0, 0.05) is 22.1 Å². The summed E-state index contributed by atoms with van der Waals surface area (Å²) in [5.74, 6) is 0. The highest BCUT2D eigenvalue weighted by molar-refractivity contribution is 7.99. The standard InChI is InChI=1S/C21H15ClN2O2S/c1-14-7-12-18-19(13-14)23(25)20(15-8-10-16(22)11-9-15)21(24(18)26)27-17-5-3-2-4-6-17/h2-13H,1H3. The molecule has 0 radical (unpaired) electrons. The van der Waals surface area contributed by atoms with Gasteiger partial charge in [0.1, 0.15) is 0 Å². The molecule has 0 N–H and O–H groups in total. The minimum absolute atomic E-state index is 0.314. The lowest BCUT2D eigenvalue weighted by Gasteiger charge is -2.13. The molecule has 0 saturated carbocycles. The van der Waals surface area contributed by atoms with Crippen LogP contribution in [0.1, 0.15) is 5.56 Å². The first-order valence-corrected chi connectivity index (χ1v) is 9.52. The molecule has 0 amide bonds. The van der Waals surface area contributed by atoms with E-state index in [2.05, 4.69) is 0 Å².